The van der Waals surface area contributed by atoms with Gasteiger partial charge in [-0.05, 0) is 17.7 Å². The molecular weight excluding hydrogens is 298 g/mol. The van der Waals surface area contributed by atoms with Gasteiger partial charge in [0.25, 0.3) is 0 Å². The molecule has 3 nitrogen and oxygen atoms in total. The molecule has 0 bridgehead atoms. The van der Waals surface area contributed by atoms with E-state index >= 15 is 0 Å². The maximum atomic E-state index is 8.80. The Bertz CT molecular complexity index is 758. The minimum atomic E-state index is 0.655. The van der Waals surface area contributed by atoms with Gasteiger partial charge >= 0.3 is 0 Å². The fourth-order valence-electron chi connectivity index (χ4n) is 1.79. The zero-order chi connectivity index (χ0) is 14.5. The van der Waals surface area contributed by atoms with E-state index in [0.717, 1.165) is 20.7 Å². The Labute approximate surface area is 131 Å². The Morgan fingerprint density at radius 2 is 1.76 bits per heavy atom. The number of aromatic nitrogens is 2. The van der Waals surface area contributed by atoms with Crippen molar-refractivity contribution in [1.29, 1.82) is 5.26 Å². The van der Waals surface area contributed by atoms with Crippen LogP contribution in [0, 0.1) is 11.3 Å². The minimum absolute atomic E-state index is 0.655. The van der Waals surface area contributed by atoms with Crippen LogP contribution in [-0.2, 0) is 5.75 Å². The third-order valence-corrected chi connectivity index (χ3v) is 5.05. The highest BCUT2D eigenvalue weighted by Crippen LogP contribution is 2.31. The fraction of sp³-hybridized carbons (Fsp3) is 0.0625. The van der Waals surface area contributed by atoms with Crippen molar-refractivity contribution in [3.63, 3.8) is 0 Å². The number of thioether (sulfide) groups is 1. The largest absolute Gasteiger partial charge is 0.192 e. The molecule has 0 spiro atoms. The average Bonchev–Trinajstić information content (AvgIpc) is 3.03. The molecule has 0 atom stereocenters. The number of nitriles is 1. The van der Waals surface area contributed by atoms with Crippen molar-refractivity contribution < 1.29 is 0 Å². The minimum Gasteiger partial charge on any atom is -0.192 e. The van der Waals surface area contributed by atoms with E-state index in [4.69, 9.17) is 5.26 Å². The number of hydrogen-bond donors (Lipinski definition) is 0. The van der Waals surface area contributed by atoms with Gasteiger partial charge in [-0.1, -0.05) is 65.6 Å². The van der Waals surface area contributed by atoms with Crippen molar-refractivity contribution in [2.24, 2.45) is 0 Å². The van der Waals surface area contributed by atoms with Crippen molar-refractivity contribution in [2.75, 3.05) is 0 Å². The summed E-state index contributed by atoms with van der Waals surface area (Å²) >= 11 is 3.27. The van der Waals surface area contributed by atoms with E-state index in [9.17, 15) is 0 Å². The van der Waals surface area contributed by atoms with Crippen LogP contribution in [0.4, 0.5) is 0 Å². The highest BCUT2D eigenvalue weighted by atomic mass is 32.2. The van der Waals surface area contributed by atoms with Crippen LogP contribution in [0.25, 0.3) is 10.6 Å². The lowest BCUT2D eigenvalue weighted by Gasteiger charge is -1.97. The lowest BCUT2D eigenvalue weighted by atomic mass is 10.2. The Balaban J connectivity index is 1.69. The number of nitrogens with zero attached hydrogens (tertiary/aromatic N) is 3. The van der Waals surface area contributed by atoms with Crippen molar-refractivity contribution in [3.8, 4) is 16.6 Å². The van der Waals surface area contributed by atoms with Gasteiger partial charge in [0.2, 0.25) is 0 Å². The van der Waals surface area contributed by atoms with Crippen LogP contribution in [0.1, 0.15) is 11.1 Å². The molecule has 0 aliphatic heterocycles. The Kier molecular flexibility index (Phi) is 4.29. The number of benzene rings is 2. The molecular formula is C16H11N3S2. The smallest absolute Gasteiger partial charge is 0.174 e. The molecule has 0 saturated heterocycles. The molecule has 1 aromatic heterocycles. The second-order valence-corrected chi connectivity index (χ2v) is 6.54. The normalized spacial score (nSPS) is 10.2. The van der Waals surface area contributed by atoms with Crippen LogP contribution in [0.15, 0.2) is 58.9 Å². The van der Waals surface area contributed by atoms with E-state index in [0.29, 0.717) is 5.56 Å². The molecule has 21 heavy (non-hydrogen) atoms. The Morgan fingerprint density at radius 3 is 2.48 bits per heavy atom. The third-order valence-electron chi connectivity index (χ3n) is 2.87. The maximum absolute atomic E-state index is 8.80. The molecule has 2 aromatic carbocycles. The summed E-state index contributed by atoms with van der Waals surface area (Å²) in [6, 6.07) is 19.8. The van der Waals surface area contributed by atoms with Crippen LogP contribution in [0.2, 0.25) is 0 Å². The van der Waals surface area contributed by atoms with Crippen LogP contribution in [0.5, 0.6) is 0 Å². The Morgan fingerprint density at radius 1 is 1.00 bits per heavy atom. The highest BCUT2D eigenvalue weighted by Gasteiger charge is 2.07. The Hall–Kier alpha value is -2.16. The molecule has 102 valence electrons. The van der Waals surface area contributed by atoms with Crippen molar-refractivity contribution in [3.05, 3.63) is 65.7 Å². The van der Waals surface area contributed by atoms with Gasteiger partial charge in [0.15, 0.2) is 4.34 Å². The molecule has 1 heterocycles. The fourth-order valence-corrected chi connectivity index (χ4v) is 3.60. The van der Waals surface area contributed by atoms with Gasteiger partial charge in [-0.2, -0.15) is 5.26 Å². The molecule has 0 saturated carbocycles. The van der Waals surface area contributed by atoms with Gasteiger partial charge in [-0.15, -0.1) is 10.2 Å². The lowest BCUT2D eigenvalue weighted by molar-refractivity contribution is 1.01. The first-order valence-corrected chi connectivity index (χ1v) is 8.16. The summed E-state index contributed by atoms with van der Waals surface area (Å²) in [7, 11) is 0. The molecule has 0 amide bonds. The SMILES string of the molecule is N#Cc1ccc(-c2nnc(SCc3ccccc3)s2)cc1. The zero-order valence-electron chi connectivity index (χ0n) is 11.1. The topological polar surface area (TPSA) is 49.6 Å². The summed E-state index contributed by atoms with van der Waals surface area (Å²) in [5, 5.41) is 18.1. The zero-order valence-corrected chi connectivity index (χ0v) is 12.7. The molecule has 5 heteroatoms. The first-order valence-electron chi connectivity index (χ1n) is 6.36. The van der Waals surface area contributed by atoms with Gasteiger partial charge in [0, 0.05) is 11.3 Å². The molecule has 0 fully saturated rings. The van der Waals surface area contributed by atoms with Crippen molar-refractivity contribution in [1.82, 2.24) is 10.2 Å². The summed E-state index contributed by atoms with van der Waals surface area (Å²) in [5.74, 6) is 0.892. The number of rotatable bonds is 4. The van der Waals surface area contributed by atoms with Gasteiger partial charge < -0.3 is 0 Å². The second-order valence-electron chi connectivity index (χ2n) is 4.34. The molecule has 3 rings (SSSR count). The van der Waals surface area contributed by atoms with E-state index in [1.165, 1.54) is 5.56 Å². The van der Waals surface area contributed by atoms with Crippen molar-refractivity contribution >= 4 is 23.1 Å². The molecule has 0 aliphatic carbocycles. The van der Waals surface area contributed by atoms with Gasteiger partial charge in [-0.25, -0.2) is 0 Å². The average molecular weight is 309 g/mol. The van der Waals surface area contributed by atoms with Crippen LogP contribution < -0.4 is 0 Å². The van der Waals surface area contributed by atoms with E-state index in [2.05, 4.69) is 28.4 Å². The first kappa shape index (κ1) is 13.8. The lowest BCUT2D eigenvalue weighted by Crippen LogP contribution is -1.79. The maximum Gasteiger partial charge on any atom is 0.174 e. The molecule has 0 unspecified atom stereocenters. The van der Waals surface area contributed by atoms with Gasteiger partial charge in [0.1, 0.15) is 5.01 Å². The standard InChI is InChI=1S/C16H11N3S2/c17-10-12-6-8-14(9-7-12)15-18-19-16(21-15)20-11-13-4-2-1-3-5-13/h1-9H,11H2. The summed E-state index contributed by atoms with van der Waals surface area (Å²) in [6.07, 6.45) is 0. The quantitative estimate of drug-likeness (QED) is 0.671. The van der Waals surface area contributed by atoms with E-state index < -0.39 is 0 Å². The van der Waals surface area contributed by atoms with Crippen LogP contribution >= 0.6 is 23.1 Å². The van der Waals surface area contributed by atoms with E-state index in [-0.39, 0.29) is 0 Å². The van der Waals surface area contributed by atoms with E-state index in [1.807, 2.05) is 30.3 Å². The van der Waals surface area contributed by atoms with Gasteiger partial charge in [-0.3, -0.25) is 0 Å². The number of hydrogen-bond acceptors (Lipinski definition) is 5. The van der Waals surface area contributed by atoms with E-state index in [1.54, 1.807) is 35.2 Å². The predicted molar refractivity (Wildman–Crippen MR) is 86.1 cm³/mol. The molecule has 0 aliphatic rings. The van der Waals surface area contributed by atoms with Crippen LogP contribution in [-0.4, -0.2) is 10.2 Å². The monoisotopic (exact) mass is 309 g/mol. The van der Waals surface area contributed by atoms with Crippen LogP contribution in [0.3, 0.4) is 0 Å². The van der Waals surface area contributed by atoms with Crippen molar-refractivity contribution in [2.45, 2.75) is 10.1 Å². The highest BCUT2D eigenvalue weighted by molar-refractivity contribution is 8.00. The summed E-state index contributed by atoms with van der Waals surface area (Å²) in [4.78, 5) is 0. The molecule has 0 N–H and O–H groups in total. The molecule has 3 aromatic rings. The second kappa shape index (κ2) is 6.53. The predicted octanol–water partition coefficient (Wildman–Crippen LogP) is 4.37. The first-order chi connectivity index (χ1) is 10.3. The van der Waals surface area contributed by atoms with Gasteiger partial charge in [0.05, 0.1) is 11.6 Å². The summed E-state index contributed by atoms with van der Waals surface area (Å²) < 4.78 is 0.957. The molecule has 0 radical (unpaired) electrons. The summed E-state index contributed by atoms with van der Waals surface area (Å²) in [6.45, 7) is 0. The third kappa shape index (κ3) is 3.48. The summed E-state index contributed by atoms with van der Waals surface area (Å²) in [5.41, 5.74) is 2.93.